The van der Waals surface area contributed by atoms with Crippen molar-refractivity contribution in [2.24, 2.45) is 0 Å². The van der Waals surface area contributed by atoms with E-state index in [0.29, 0.717) is 11.5 Å². The number of fused-ring (bicyclic) bond motifs is 1. The molecule has 2 aromatic carbocycles. The van der Waals surface area contributed by atoms with Gasteiger partial charge in [-0.2, -0.15) is 0 Å². The van der Waals surface area contributed by atoms with E-state index in [1.54, 1.807) is 24.3 Å². The maximum atomic E-state index is 12.1. The van der Waals surface area contributed by atoms with E-state index in [4.69, 9.17) is 14.2 Å². The van der Waals surface area contributed by atoms with Crippen molar-refractivity contribution in [1.29, 1.82) is 0 Å². The fraction of sp³-hybridized carbons (Fsp3) is 0.222. The number of ether oxygens (including phenoxy) is 3. The van der Waals surface area contributed by atoms with Gasteiger partial charge >= 0.3 is 5.97 Å². The number of para-hydroxylation sites is 1. The molecule has 1 aliphatic rings. The fourth-order valence-electron chi connectivity index (χ4n) is 2.31. The second-order valence-corrected chi connectivity index (χ2v) is 5.47. The van der Waals surface area contributed by atoms with Gasteiger partial charge in [0.05, 0.1) is 0 Å². The number of carbonyl (C=O) groups excluding carboxylic acids is 2. The topological polar surface area (TPSA) is 94.1 Å². The Bertz CT molecular complexity index is 804. The van der Waals surface area contributed by atoms with Gasteiger partial charge in [0.15, 0.2) is 17.6 Å². The summed E-state index contributed by atoms with van der Waals surface area (Å²) in [6, 6.07) is 11.4. The quantitative estimate of drug-likeness (QED) is 0.806. The molecule has 1 amide bonds. The SMILES string of the molecule is C[C@H](OC(=O)c1ccccc1O)C(=O)NCc1ccc2c(c1)OCO2. The molecular weight excluding hydrogens is 326 g/mol. The molecule has 7 heteroatoms. The van der Waals surface area contributed by atoms with Gasteiger partial charge in [-0.05, 0) is 36.8 Å². The molecule has 2 aromatic rings. The highest BCUT2D eigenvalue weighted by molar-refractivity contribution is 5.94. The van der Waals surface area contributed by atoms with Crippen LogP contribution in [0, 0.1) is 0 Å². The van der Waals surface area contributed by atoms with Crippen molar-refractivity contribution in [2.75, 3.05) is 6.79 Å². The van der Waals surface area contributed by atoms with E-state index in [9.17, 15) is 14.7 Å². The Morgan fingerprint density at radius 1 is 1.20 bits per heavy atom. The largest absolute Gasteiger partial charge is 0.507 e. The third-order valence-corrected chi connectivity index (χ3v) is 3.68. The van der Waals surface area contributed by atoms with Crippen molar-refractivity contribution >= 4 is 11.9 Å². The number of hydrogen-bond acceptors (Lipinski definition) is 6. The second-order valence-electron chi connectivity index (χ2n) is 5.47. The molecule has 0 spiro atoms. The standard InChI is InChI=1S/C18H17NO6/c1-11(25-18(22)13-4-2-3-5-14(13)20)17(21)19-9-12-6-7-15-16(8-12)24-10-23-15/h2-8,11,20H,9-10H2,1H3,(H,19,21)/t11-/m0/s1. The van der Waals surface area contributed by atoms with E-state index in [2.05, 4.69) is 5.32 Å². The Morgan fingerprint density at radius 2 is 1.96 bits per heavy atom. The van der Waals surface area contributed by atoms with Crippen molar-refractivity contribution in [3.63, 3.8) is 0 Å². The van der Waals surface area contributed by atoms with Gasteiger partial charge < -0.3 is 24.6 Å². The molecule has 130 valence electrons. The first-order chi connectivity index (χ1) is 12.0. The van der Waals surface area contributed by atoms with E-state index >= 15 is 0 Å². The number of esters is 1. The summed E-state index contributed by atoms with van der Waals surface area (Å²) in [6.45, 7) is 1.91. The zero-order valence-electron chi connectivity index (χ0n) is 13.5. The molecule has 1 atom stereocenters. The van der Waals surface area contributed by atoms with E-state index in [-0.39, 0.29) is 24.7 Å². The minimum atomic E-state index is -0.999. The summed E-state index contributed by atoms with van der Waals surface area (Å²) in [5.74, 6) is -0.100. The molecule has 7 nitrogen and oxygen atoms in total. The molecular formula is C18H17NO6. The molecule has 3 rings (SSSR count). The summed E-state index contributed by atoms with van der Waals surface area (Å²) in [5.41, 5.74) is 0.842. The molecule has 0 unspecified atom stereocenters. The Morgan fingerprint density at radius 3 is 2.76 bits per heavy atom. The number of aromatic hydroxyl groups is 1. The molecule has 0 radical (unpaired) electrons. The van der Waals surface area contributed by atoms with E-state index in [0.717, 1.165) is 5.56 Å². The van der Waals surface area contributed by atoms with E-state index in [1.165, 1.54) is 19.1 Å². The lowest BCUT2D eigenvalue weighted by Crippen LogP contribution is -2.35. The maximum absolute atomic E-state index is 12.1. The van der Waals surface area contributed by atoms with Crippen LogP contribution in [0.4, 0.5) is 0 Å². The first-order valence-corrected chi connectivity index (χ1v) is 7.70. The van der Waals surface area contributed by atoms with Crippen molar-refractivity contribution in [2.45, 2.75) is 19.6 Å². The third-order valence-electron chi connectivity index (χ3n) is 3.68. The molecule has 0 aliphatic carbocycles. The van der Waals surface area contributed by atoms with Crippen molar-refractivity contribution in [3.8, 4) is 17.2 Å². The molecule has 1 aliphatic heterocycles. The highest BCUT2D eigenvalue weighted by atomic mass is 16.7. The van der Waals surface area contributed by atoms with Gasteiger partial charge in [-0.3, -0.25) is 4.79 Å². The zero-order chi connectivity index (χ0) is 17.8. The number of nitrogens with one attached hydrogen (secondary N) is 1. The molecule has 25 heavy (non-hydrogen) atoms. The summed E-state index contributed by atoms with van der Waals surface area (Å²) in [5, 5.41) is 12.3. The molecule has 1 heterocycles. The van der Waals surface area contributed by atoms with Crippen molar-refractivity contribution < 1.29 is 28.9 Å². The highest BCUT2D eigenvalue weighted by Gasteiger charge is 2.21. The van der Waals surface area contributed by atoms with Gasteiger partial charge in [-0.1, -0.05) is 18.2 Å². The van der Waals surface area contributed by atoms with Crippen LogP contribution in [0.2, 0.25) is 0 Å². The Hall–Kier alpha value is -3.22. The predicted molar refractivity (Wildman–Crippen MR) is 87.4 cm³/mol. The van der Waals surface area contributed by atoms with Crippen LogP contribution >= 0.6 is 0 Å². The molecule has 0 fully saturated rings. The van der Waals surface area contributed by atoms with Gasteiger partial charge in [0.25, 0.3) is 5.91 Å². The van der Waals surface area contributed by atoms with Gasteiger partial charge in [-0.25, -0.2) is 4.79 Å². The van der Waals surface area contributed by atoms with Crippen molar-refractivity contribution in [3.05, 3.63) is 53.6 Å². The Labute approximate surface area is 144 Å². The average molecular weight is 343 g/mol. The lowest BCUT2D eigenvalue weighted by Gasteiger charge is -2.14. The van der Waals surface area contributed by atoms with Crippen LogP contribution in [-0.4, -0.2) is 29.9 Å². The van der Waals surface area contributed by atoms with Gasteiger partial charge in [-0.15, -0.1) is 0 Å². The van der Waals surface area contributed by atoms with Crippen LogP contribution in [0.1, 0.15) is 22.8 Å². The summed E-state index contributed by atoms with van der Waals surface area (Å²) in [7, 11) is 0. The summed E-state index contributed by atoms with van der Waals surface area (Å²) >= 11 is 0. The predicted octanol–water partition coefficient (Wildman–Crippen LogP) is 1.98. The van der Waals surface area contributed by atoms with E-state index < -0.39 is 18.0 Å². The van der Waals surface area contributed by atoms with Crippen LogP contribution in [0.3, 0.4) is 0 Å². The molecule has 2 N–H and O–H groups in total. The number of benzene rings is 2. The zero-order valence-corrected chi connectivity index (χ0v) is 13.5. The third kappa shape index (κ3) is 3.82. The van der Waals surface area contributed by atoms with Crippen molar-refractivity contribution in [1.82, 2.24) is 5.32 Å². The lowest BCUT2D eigenvalue weighted by atomic mass is 10.2. The maximum Gasteiger partial charge on any atom is 0.342 e. The first-order valence-electron chi connectivity index (χ1n) is 7.70. The highest BCUT2D eigenvalue weighted by Crippen LogP contribution is 2.32. The smallest absolute Gasteiger partial charge is 0.342 e. The molecule has 0 saturated carbocycles. The van der Waals surface area contributed by atoms with Crippen LogP contribution in [-0.2, 0) is 16.1 Å². The minimum absolute atomic E-state index is 0.0120. The number of hydrogen-bond donors (Lipinski definition) is 2. The first kappa shape index (κ1) is 16.6. The molecule has 0 bridgehead atoms. The number of phenols is 1. The van der Waals surface area contributed by atoms with Crippen LogP contribution in [0.5, 0.6) is 17.2 Å². The van der Waals surface area contributed by atoms with Crippen LogP contribution in [0.25, 0.3) is 0 Å². The van der Waals surface area contributed by atoms with E-state index in [1.807, 2.05) is 6.07 Å². The number of rotatable bonds is 5. The van der Waals surface area contributed by atoms with Crippen LogP contribution in [0.15, 0.2) is 42.5 Å². The number of carbonyl (C=O) groups is 2. The van der Waals surface area contributed by atoms with Gasteiger partial charge in [0.2, 0.25) is 6.79 Å². The molecule has 0 saturated heterocycles. The monoisotopic (exact) mass is 343 g/mol. The second kappa shape index (κ2) is 7.12. The summed E-state index contributed by atoms with van der Waals surface area (Å²) in [4.78, 5) is 24.1. The summed E-state index contributed by atoms with van der Waals surface area (Å²) < 4.78 is 15.6. The molecule has 0 aromatic heterocycles. The number of phenolic OH excluding ortho intramolecular Hbond substituents is 1. The Balaban J connectivity index is 1.54. The van der Waals surface area contributed by atoms with Gasteiger partial charge in [0, 0.05) is 6.54 Å². The average Bonchev–Trinajstić information content (AvgIpc) is 3.07. The lowest BCUT2D eigenvalue weighted by molar-refractivity contribution is -0.129. The number of amides is 1. The summed E-state index contributed by atoms with van der Waals surface area (Å²) in [6.07, 6.45) is -0.999. The van der Waals surface area contributed by atoms with Crippen LogP contribution < -0.4 is 14.8 Å². The minimum Gasteiger partial charge on any atom is -0.507 e. The Kier molecular flexibility index (Phi) is 4.74. The van der Waals surface area contributed by atoms with Gasteiger partial charge in [0.1, 0.15) is 11.3 Å². The normalized spacial score (nSPS) is 13.2. The fourth-order valence-corrected chi connectivity index (χ4v) is 2.31.